The van der Waals surface area contributed by atoms with Crippen LogP contribution in [0.2, 0.25) is 0 Å². The van der Waals surface area contributed by atoms with Crippen molar-refractivity contribution in [1.82, 2.24) is 4.90 Å². The Labute approximate surface area is 76.6 Å². The van der Waals surface area contributed by atoms with Crippen molar-refractivity contribution in [3.05, 3.63) is 0 Å². The van der Waals surface area contributed by atoms with Crippen molar-refractivity contribution in [3.63, 3.8) is 0 Å². The Kier molecular flexibility index (Phi) is 5.98. The quantitative estimate of drug-likeness (QED) is 0.627. The molecule has 1 nitrogen and oxygen atoms in total. The van der Waals surface area contributed by atoms with E-state index in [-0.39, 0.29) is 12.4 Å². The van der Waals surface area contributed by atoms with Gasteiger partial charge in [0, 0.05) is 6.04 Å². The second-order valence-corrected chi connectivity index (χ2v) is 3.38. The van der Waals surface area contributed by atoms with Crippen LogP contribution in [0.4, 0.5) is 0 Å². The zero-order valence-electron chi connectivity index (χ0n) is 7.68. The van der Waals surface area contributed by atoms with Gasteiger partial charge in [0.1, 0.15) is 0 Å². The summed E-state index contributed by atoms with van der Waals surface area (Å²) in [6.07, 6.45) is 5.59. The fraction of sp³-hybridized carbons (Fsp3) is 1.00. The summed E-state index contributed by atoms with van der Waals surface area (Å²) in [6, 6.07) is 0.855. The maximum Gasteiger partial charge on any atom is 0.00669 e. The van der Waals surface area contributed by atoms with Crippen molar-refractivity contribution in [1.29, 1.82) is 0 Å². The first-order valence-corrected chi connectivity index (χ1v) is 4.58. The predicted octanol–water partition coefficient (Wildman–Crippen LogP) is 2.69. The van der Waals surface area contributed by atoms with Crippen molar-refractivity contribution in [2.24, 2.45) is 0 Å². The Balaban J connectivity index is 0.000001000. The smallest absolute Gasteiger partial charge is 0.00669 e. The highest BCUT2D eigenvalue weighted by Gasteiger charge is 2.15. The van der Waals surface area contributed by atoms with Gasteiger partial charge in [-0.1, -0.05) is 13.3 Å². The molecule has 1 saturated heterocycles. The molecule has 0 aliphatic carbocycles. The van der Waals surface area contributed by atoms with Gasteiger partial charge in [-0.2, -0.15) is 0 Å². The molecule has 1 heterocycles. The topological polar surface area (TPSA) is 3.24 Å². The SMILES string of the molecule is CCCN1CCCCC1C.Cl. The van der Waals surface area contributed by atoms with E-state index in [1.807, 2.05) is 0 Å². The zero-order valence-corrected chi connectivity index (χ0v) is 8.49. The highest BCUT2D eigenvalue weighted by Crippen LogP contribution is 2.15. The van der Waals surface area contributed by atoms with Gasteiger partial charge < -0.3 is 4.90 Å². The molecule has 1 aliphatic heterocycles. The molecule has 0 radical (unpaired) electrons. The third-order valence-electron chi connectivity index (χ3n) is 2.45. The van der Waals surface area contributed by atoms with Crippen LogP contribution in [0.1, 0.15) is 39.5 Å². The van der Waals surface area contributed by atoms with Crippen LogP contribution in [0.15, 0.2) is 0 Å². The Morgan fingerprint density at radius 3 is 2.64 bits per heavy atom. The van der Waals surface area contributed by atoms with Crippen LogP contribution in [0.3, 0.4) is 0 Å². The van der Waals surface area contributed by atoms with Gasteiger partial charge in [0.15, 0.2) is 0 Å². The van der Waals surface area contributed by atoms with Crippen molar-refractivity contribution in [2.45, 2.75) is 45.6 Å². The van der Waals surface area contributed by atoms with Crippen LogP contribution >= 0.6 is 12.4 Å². The second-order valence-electron chi connectivity index (χ2n) is 3.38. The van der Waals surface area contributed by atoms with E-state index in [1.165, 1.54) is 38.8 Å². The molecule has 0 bridgehead atoms. The summed E-state index contributed by atoms with van der Waals surface area (Å²) >= 11 is 0. The number of rotatable bonds is 2. The van der Waals surface area contributed by atoms with E-state index >= 15 is 0 Å². The minimum atomic E-state index is 0. The van der Waals surface area contributed by atoms with Crippen LogP contribution in [0, 0.1) is 0 Å². The summed E-state index contributed by atoms with van der Waals surface area (Å²) in [5.74, 6) is 0. The molecule has 1 fully saturated rings. The van der Waals surface area contributed by atoms with E-state index in [0.29, 0.717) is 0 Å². The first-order chi connectivity index (χ1) is 4.84. The minimum absolute atomic E-state index is 0. The van der Waals surface area contributed by atoms with Crippen LogP contribution < -0.4 is 0 Å². The molecule has 0 saturated carbocycles. The summed E-state index contributed by atoms with van der Waals surface area (Å²) in [5, 5.41) is 0. The standard InChI is InChI=1S/C9H19N.ClH/c1-3-7-10-8-5-4-6-9(10)2;/h9H,3-8H2,1-2H3;1H. The maximum absolute atomic E-state index is 2.61. The molecule has 0 aromatic carbocycles. The fourth-order valence-corrected chi connectivity index (χ4v) is 1.78. The lowest BCUT2D eigenvalue weighted by molar-refractivity contribution is 0.161. The number of hydrogen-bond donors (Lipinski definition) is 0. The summed E-state index contributed by atoms with van der Waals surface area (Å²) in [4.78, 5) is 2.61. The second kappa shape index (κ2) is 5.84. The molecule has 1 rings (SSSR count). The van der Waals surface area contributed by atoms with E-state index in [2.05, 4.69) is 18.7 Å². The van der Waals surface area contributed by atoms with Gasteiger partial charge in [0.2, 0.25) is 0 Å². The molecule has 0 spiro atoms. The molecular weight excluding hydrogens is 158 g/mol. The fourth-order valence-electron chi connectivity index (χ4n) is 1.78. The zero-order chi connectivity index (χ0) is 7.40. The summed E-state index contributed by atoms with van der Waals surface area (Å²) < 4.78 is 0. The summed E-state index contributed by atoms with van der Waals surface area (Å²) in [6.45, 7) is 7.27. The van der Waals surface area contributed by atoms with Gasteiger partial charge in [-0.25, -0.2) is 0 Å². The van der Waals surface area contributed by atoms with Crippen molar-refractivity contribution < 1.29 is 0 Å². The minimum Gasteiger partial charge on any atom is -0.301 e. The van der Waals surface area contributed by atoms with Crippen LogP contribution in [-0.4, -0.2) is 24.0 Å². The van der Waals surface area contributed by atoms with E-state index in [0.717, 1.165) is 6.04 Å². The molecule has 11 heavy (non-hydrogen) atoms. The van der Waals surface area contributed by atoms with Crippen molar-refractivity contribution in [3.8, 4) is 0 Å². The third kappa shape index (κ3) is 3.44. The molecule has 0 aromatic heterocycles. The normalized spacial score (nSPS) is 26.2. The van der Waals surface area contributed by atoms with Crippen molar-refractivity contribution >= 4 is 12.4 Å². The number of halogens is 1. The first kappa shape index (κ1) is 11.2. The van der Waals surface area contributed by atoms with Crippen LogP contribution in [0.5, 0.6) is 0 Å². The van der Waals surface area contributed by atoms with E-state index in [4.69, 9.17) is 0 Å². The average Bonchev–Trinajstić information content (AvgIpc) is 1.94. The molecule has 2 heteroatoms. The third-order valence-corrected chi connectivity index (χ3v) is 2.45. The lowest BCUT2D eigenvalue weighted by Crippen LogP contribution is -2.37. The Hall–Kier alpha value is 0.250. The number of nitrogens with zero attached hydrogens (tertiary/aromatic N) is 1. The molecule has 0 amide bonds. The molecule has 1 atom stereocenters. The molecule has 1 aliphatic rings. The lowest BCUT2D eigenvalue weighted by Gasteiger charge is -2.32. The van der Waals surface area contributed by atoms with Crippen LogP contribution in [0.25, 0.3) is 0 Å². The first-order valence-electron chi connectivity index (χ1n) is 4.58. The summed E-state index contributed by atoms with van der Waals surface area (Å²) in [7, 11) is 0. The van der Waals surface area contributed by atoms with Gasteiger partial charge in [0.05, 0.1) is 0 Å². The van der Waals surface area contributed by atoms with E-state index < -0.39 is 0 Å². The van der Waals surface area contributed by atoms with E-state index in [1.54, 1.807) is 0 Å². The Bertz CT molecular complexity index is 93.6. The van der Waals surface area contributed by atoms with Gasteiger partial charge in [-0.05, 0) is 39.3 Å². The average molecular weight is 178 g/mol. The number of likely N-dealkylation sites (tertiary alicyclic amines) is 1. The predicted molar refractivity (Wildman–Crippen MR) is 52.4 cm³/mol. The monoisotopic (exact) mass is 177 g/mol. The molecule has 1 unspecified atom stereocenters. The highest BCUT2D eigenvalue weighted by atomic mass is 35.5. The molecule has 0 aromatic rings. The molecular formula is C9H20ClN. The Morgan fingerprint density at radius 1 is 1.36 bits per heavy atom. The summed E-state index contributed by atoms with van der Waals surface area (Å²) in [5.41, 5.74) is 0. The molecule has 0 N–H and O–H groups in total. The van der Waals surface area contributed by atoms with Gasteiger partial charge in [-0.3, -0.25) is 0 Å². The number of hydrogen-bond acceptors (Lipinski definition) is 1. The van der Waals surface area contributed by atoms with Crippen molar-refractivity contribution in [2.75, 3.05) is 13.1 Å². The molecule has 68 valence electrons. The highest BCUT2D eigenvalue weighted by molar-refractivity contribution is 5.85. The van der Waals surface area contributed by atoms with Gasteiger partial charge in [0.25, 0.3) is 0 Å². The maximum atomic E-state index is 2.61. The van der Waals surface area contributed by atoms with Crippen LogP contribution in [-0.2, 0) is 0 Å². The van der Waals surface area contributed by atoms with Gasteiger partial charge >= 0.3 is 0 Å². The lowest BCUT2D eigenvalue weighted by atomic mass is 10.0. The number of piperidine rings is 1. The van der Waals surface area contributed by atoms with Gasteiger partial charge in [-0.15, -0.1) is 12.4 Å². The van der Waals surface area contributed by atoms with E-state index in [9.17, 15) is 0 Å². The largest absolute Gasteiger partial charge is 0.301 e. The Morgan fingerprint density at radius 2 is 2.09 bits per heavy atom.